The van der Waals surface area contributed by atoms with Gasteiger partial charge in [-0.1, -0.05) is 51.1 Å². The maximum absolute atomic E-state index is 4.95. The summed E-state index contributed by atoms with van der Waals surface area (Å²) in [5, 5.41) is 4.87. The van der Waals surface area contributed by atoms with Crippen LogP contribution in [0.1, 0.15) is 54.8 Å². The van der Waals surface area contributed by atoms with E-state index in [1.54, 1.807) is 0 Å². The van der Waals surface area contributed by atoms with Crippen LogP contribution in [0.15, 0.2) is 30.3 Å². The smallest absolute Gasteiger partial charge is 0.0975 e. The van der Waals surface area contributed by atoms with Crippen LogP contribution in [0, 0.1) is 0 Å². The Kier molecular flexibility index (Phi) is 4.14. The summed E-state index contributed by atoms with van der Waals surface area (Å²) in [6.07, 6.45) is 3.61. The number of aromatic nitrogens is 1. The molecule has 0 amide bonds. The lowest BCUT2D eigenvalue weighted by molar-refractivity contribution is 0.557. The van der Waals surface area contributed by atoms with E-state index in [0.29, 0.717) is 0 Å². The summed E-state index contributed by atoms with van der Waals surface area (Å²) >= 11 is 1.88. The Labute approximate surface area is 131 Å². The quantitative estimate of drug-likeness (QED) is 0.891. The molecule has 0 atom stereocenters. The lowest BCUT2D eigenvalue weighted by atomic mass is 9.91. The molecule has 0 aliphatic heterocycles. The van der Waals surface area contributed by atoms with Crippen LogP contribution in [0.3, 0.4) is 0 Å². The first-order valence-corrected chi connectivity index (χ1v) is 8.60. The van der Waals surface area contributed by atoms with Gasteiger partial charge in [0.05, 0.1) is 10.7 Å². The van der Waals surface area contributed by atoms with Crippen LogP contribution in [-0.2, 0) is 18.4 Å². The van der Waals surface area contributed by atoms with Gasteiger partial charge in [-0.05, 0) is 18.4 Å². The van der Waals surface area contributed by atoms with Crippen LogP contribution in [-0.4, -0.2) is 11.0 Å². The third-order valence-electron chi connectivity index (χ3n) is 3.78. The lowest BCUT2D eigenvalue weighted by Crippen LogP contribution is -2.20. The van der Waals surface area contributed by atoms with Crippen molar-refractivity contribution < 1.29 is 0 Å². The molecule has 112 valence electrons. The highest BCUT2D eigenvalue weighted by molar-refractivity contribution is 7.11. The van der Waals surface area contributed by atoms with Crippen LogP contribution in [0.25, 0.3) is 0 Å². The van der Waals surface area contributed by atoms with E-state index >= 15 is 0 Å². The van der Waals surface area contributed by atoms with Crippen molar-refractivity contribution in [1.82, 2.24) is 10.3 Å². The summed E-state index contributed by atoms with van der Waals surface area (Å²) in [5.41, 5.74) is 2.73. The van der Waals surface area contributed by atoms with Gasteiger partial charge in [0.2, 0.25) is 0 Å². The molecule has 1 aliphatic rings. The maximum Gasteiger partial charge on any atom is 0.0975 e. The minimum atomic E-state index is 0.117. The van der Waals surface area contributed by atoms with Gasteiger partial charge in [-0.3, -0.25) is 0 Å². The highest BCUT2D eigenvalue weighted by Crippen LogP contribution is 2.31. The normalized spacial score (nSPS) is 15.4. The van der Waals surface area contributed by atoms with Gasteiger partial charge in [-0.25, -0.2) is 4.98 Å². The number of benzene rings is 1. The molecule has 1 aromatic heterocycles. The summed E-state index contributed by atoms with van der Waals surface area (Å²) in [4.78, 5) is 6.37. The number of rotatable bonds is 5. The van der Waals surface area contributed by atoms with E-state index in [2.05, 4.69) is 56.4 Å². The van der Waals surface area contributed by atoms with Gasteiger partial charge in [-0.15, -0.1) is 11.3 Å². The summed E-state index contributed by atoms with van der Waals surface area (Å²) in [5.74, 6) is 0. The molecule has 0 radical (unpaired) electrons. The first kappa shape index (κ1) is 14.7. The van der Waals surface area contributed by atoms with Gasteiger partial charge in [0.15, 0.2) is 0 Å². The van der Waals surface area contributed by atoms with E-state index in [0.717, 1.165) is 19.0 Å². The average Bonchev–Trinajstić information content (AvgIpc) is 3.17. The van der Waals surface area contributed by atoms with Gasteiger partial charge >= 0.3 is 0 Å². The Morgan fingerprint density at radius 3 is 2.52 bits per heavy atom. The molecular formula is C18H24N2S. The molecule has 0 spiro atoms. The largest absolute Gasteiger partial charge is 0.309 e. The third-order valence-corrected chi connectivity index (χ3v) is 4.83. The molecule has 1 fully saturated rings. The van der Waals surface area contributed by atoms with Crippen LogP contribution < -0.4 is 5.32 Å². The van der Waals surface area contributed by atoms with Crippen molar-refractivity contribution in [3.05, 3.63) is 51.5 Å². The molecular weight excluding hydrogens is 276 g/mol. The summed E-state index contributed by atoms with van der Waals surface area (Å²) in [6, 6.07) is 11.4. The highest BCUT2D eigenvalue weighted by Gasteiger charge is 2.25. The van der Waals surface area contributed by atoms with Crippen molar-refractivity contribution in [1.29, 1.82) is 0 Å². The van der Waals surface area contributed by atoms with E-state index in [1.165, 1.54) is 34.0 Å². The van der Waals surface area contributed by atoms with Crippen molar-refractivity contribution in [2.24, 2.45) is 0 Å². The number of thiazole rings is 1. The second-order valence-corrected chi connectivity index (χ2v) is 8.12. The predicted octanol–water partition coefficient (Wildman–Crippen LogP) is 4.28. The fraction of sp³-hybridized carbons (Fsp3) is 0.500. The van der Waals surface area contributed by atoms with Crippen molar-refractivity contribution in [2.75, 3.05) is 0 Å². The number of nitrogens with one attached hydrogen (secondary N) is 1. The van der Waals surface area contributed by atoms with E-state index < -0.39 is 0 Å². The Morgan fingerprint density at radius 2 is 1.90 bits per heavy atom. The van der Waals surface area contributed by atoms with Gasteiger partial charge < -0.3 is 5.32 Å². The Morgan fingerprint density at radius 1 is 1.19 bits per heavy atom. The predicted molar refractivity (Wildman–Crippen MR) is 89.9 cm³/mol. The van der Waals surface area contributed by atoms with Crippen molar-refractivity contribution in [3.63, 3.8) is 0 Å². The molecule has 2 nitrogen and oxygen atoms in total. The lowest BCUT2D eigenvalue weighted by Gasteiger charge is -2.17. The summed E-state index contributed by atoms with van der Waals surface area (Å²) in [6.45, 7) is 7.75. The number of hydrogen-bond donors (Lipinski definition) is 1. The summed E-state index contributed by atoms with van der Waals surface area (Å²) in [7, 11) is 0. The summed E-state index contributed by atoms with van der Waals surface area (Å²) < 4.78 is 0. The van der Waals surface area contributed by atoms with Gasteiger partial charge in [-0.2, -0.15) is 0 Å². The highest BCUT2D eigenvalue weighted by atomic mass is 32.1. The zero-order chi connectivity index (χ0) is 14.9. The molecule has 3 rings (SSSR count). The van der Waals surface area contributed by atoms with Crippen LogP contribution >= 0.6 is 11.3 Å². The molecule has 0 saturated heterocycles. The van der Waals surface area contributed by atoms with E-state index in [1.807, 2.05) is 11.3 Å². The molecule has 0 bridgehead atoms. The molecule has 2 aromatic rings. The second kappa shape index (κ2) is 5.90. The van der Waals surface area contributed by atoms with Crippen molar-refractivity contribution in [3.8, 4) is 0 Å². The molecule has 1 aromatic carbocycles. The van der Waals surface area contributed by atoms with Gasteiger partial charge in [0.1, 0.15) is 0 Å². The molecule has 3 heteroatoms. The van der Waals surface area contributed by atoms with Gasteiger partial charge in [0.25, 0.3) is 0 Å². The molecule has 1 heterocycles. The number of nitrogens with zero attached hydrogens (tertiary/aromatic N) is 1. The molecule has 1 N–H and O–H groups in total. The van der Waals surface area contributed by atoms with Crippen LogP contribution in [0.4, 0.5) is 0 Å². The van der Waals surface area contributed by atoms with E-state index in [9.17, 15) is 0 Å². The van der Waals surface area contributed by atoms with Crippen molar-refractivity contribution >= 4 is 11.3 Å². The van der Waals surface area contributed by atoms with Crippen molar-refractivity contribution in [2.45, 2.75) is 58.0 Å². The Balaban J connectivity index is 1.80. The zero-order valence-corrected chi connectivity index (χ0v) is 14.0. The average molecular weight is 300 g/mol. The van der Waals surface area contributed by atoms with E-state index in [-0.39, 0.29) is 5.41 Å². The fourth-order valence-corrected chi connectivity index (χ4v) is 3.74. The zero-order valence-electron chi connectivity index (χ0n) is 13.1. The first-order valence-electron chi connectivity index (χ1n) is 7.79. The van der Waals surface area contributed by atoms with Crippen LogP contribution in [0.5, 0.6) is 0 Å². The second-order valence-electron chi connectivity index (χ2n) is 6.95. The molecule has 1 aliphatic carbocycles. The maximum atomic E-state index is 4.95. The van der Waals surface area contributed by atoms with Gasteiger partial charge in [0, 0.05) is 29.3 Å². The third kappa shape index (κ3) is 3.92. The Hall–Kier alpha value is -1.19. The molecule has 21 heavy (non-hydrogen) atoms. The molecule has 1 saturated carbocycles. The standard InChI is InChI=1S/C18H24N2S/c1-18(2,3)17-15(12-19-14-9-10-14)21-16(20-17)11-13-7-5-4-6-8-13/h4-8,14,19H,9-12H2,1-3H3. The fourth-order valence-electron chi connectivity index (χ4n) is 2.48. The van der Waals surface area contributed by atoms with E-state index in [4.69, 9.17) is 4.98 Å². The first-order chi connectivity index (χ1) is 10.0. The Bertz CT molecular complexity index is 591. The number of hydrogen-bond acceptors (Lipinski definition) is 3. The SMILES string of the molecule is CC(C)(C)c1nc(Cc2ccccc2)sc1CNC1CC1. The molecule has 0 unspecified atom stereocenters. The minimum Gasteiger partial charge on any atom is -0.309 e. The monoisotopic (exact) mass is 300 g/mol. The van der Waals surface area contributed by atoms with Crippen LogP contribution in [0.2, 0.25) is 0 Å². The topological polar surface area (TPSA) is 24.9 Å². The minimum absolute atomic E-state index is 0.117.